The number of benzene rings is 1. The summed E-state index contributed by atoms with van der Waals surface area (Å²) in [6.07, 6.45) is 0.382. The second-order valence-electron chi connectivity index (χ2n) is 10.7. The number of amidine groups is 1. The van der Waals surface area contributed by atoms with E-state index in [-0.39, 0.29) is 59.2 Å². The van der Waals surface area contributed by atoms with E-state index in [4.69, 9.17) is 5.41 Å². The van der Waals surface area contributed by atoms with Gasteiger partial charge in [0.15, 0.2) is 22.6 Å². The fourth-order valence-corrected chi connectivity index (χ4v) is 5.41. The molecule has 0 radical (unpaired) electrons. The lowest BCUT2D eigenvalue weighted by molar-refractivity contribution is -0.141. The Hall–Kier alpha value is -4.62. The highest BCUT2D eigenvalue weighted by molar-refractivity contribution is 6.21. The molecule has 6 rings (SSSR count). The van der Waals surface area contributed by atoms with E-state index < -0.39 is 34.9 Å². The second kappa shape index (κ2) is 10.0. The van der Waals surface area contributed by atoms with Crippen LogP contribution in [0.4, 0.5) is 17.6 Å². The van der Waals surface area contributed by atoms with E-state index in [2.05, 4.69) is 37.6 Å². The van der Waals surface area contributed by atoms with Crippen molar-refractivity contribution < 1.29 is 27.2 Å². The van der Waals surface area contributed by atoms with Crippen molar-refractivity contribution in [3.05, 3.63) is 76.5 Å². The molecule has 10 nitrogen and oxygen atoms in total. The fourth-order valence-electron chi connectivity index (χ4n) is 5.41. The highest BCUT2D eigenvalue weighted by atomic mass is 19.4. The molecular weight excluding hydrogens is 556 g/mol. The van der Waals surface area contributed by atoms with Crippen LogP contribution in [-0.2, 0) is 28.7 Å². The van der Waals surface area contributed by atoms with Crippen molar-refractivity contribution in [2.45, 2.75) is 50.9 Å². The van der Waals surface area contributed by atoms with Crippen LogP contribution < -0.4 is 16.0 Å². The zero-order valence-corrected chi connectivity index (χ0v) is 22.2. The second-order valence-corrected chi connectivity index (χ2v) is 10.7. The number of aromatic nitrogens is 3. The first-order chi connectivity index (χ1) is 20.0. The van der Waals surface area contributed by atoms with Crippen molar-refractivity contribution in [2.75, 3.05) is 0 Å². The van der Waals surface area contributed by atoms with Gasteiger partial charge in [-0.25, -0.2) is 14.4 Å². The molecule has 0 bridgehead atoms. The number of hydrogen-bond donors (Lipinski definition) is 4. The Morgan fingerprint density at radius 1 is 1.21 bits per heavy atom. The molecule has 2 aliphatic carbocycles. The molecule has 1 atom stereocenters. The van der Waals surface area contributed by atoms with Gasteiger partial charge >= 0.3 is 6.18 Å². The van der Waals surface area contributed by atoms with Gasteiger partial charge in [0.05, 0.1) is 23.5 Å². The number of halogens is 4. The number of nitrogens with one attached hydrogen (secondary N) is 4. The number of nitrogens with zero attached hydrogens (tertiary/aromatic N) is 4. The van der Waals surface area contributed by atoms with E-state index in [1.807, 2.05) is 0 Å². The molecule has 42 heavy (non-hydrogen) atoms. The minimum absolute atomic E-state index is 0.00521. The first-order valence-corrected chi connectivity index (χ1v) is 13.4. The Kier molecular flexibility index (Phi) is 6.58. The highest BCUT2D eigenvalue weighted by Gasteiger charge is 2.64. The summed E-state index contributed by atoms with van der Waals surface area (Å²) in [5.41, 5.74) is -1.78. The van der Waals surface area contributed by atoms with Gasteiger partial charge in [0, 0.05) is 24.9 Å². The van der Waals surface area contributed by atoms with Crippen molar-refractivity contribution in [3.8, 4) is 0 Å². The largest absolute Gasteiger partial charge is 0.434 e. The maximum Gasteiger partial charge on any atom is 0.434 e. The van der Waals surface area contributed by atoms with Gasteiger partial charge in [-0.3, -0.25) is 20.0 Å². The predicted molar refractivity (Wildman–Crippen MR) is 143 cm³/mol. The summed E-state index contributed by atoms with van der Waals surface area (Å²) >= 11 is 0. The van der Waals surface area contributed by atoms with Crippen molar-refractivity contribution >= 4 is 30.0 Å². The average molecular weight is 583 g/mol. The van der Waals surface area contributed by atoms with Gasteiger partial charge < -0.3 is 20.4 Å². The summed E-state index contributed by atoms with van der Waals surface area (Å²) in [5.74, 6) is -2.13. The topological polar surface area (TPSA) is 137 Å². The number of amides is 2. The first-order valence-electron chi connectivity index (χ1n) is 13.4. The van der Waals surface area contributed by atoms with Gasteiger partial charge in [-0.1, -0.05) is 12.1 Å². The van der Waals surface area contributed by atoms with Crippen LogP contribution in [0, 0.1) is 22.6 Å². The lowest BCUT2D eigenvalue weighted by Crippen LogP contribution is -2.51. The van der Waals surface area contributed by atoms with Gasteiger partial charge in [0.25, 0.3) is 0 Å². The van der Waals surface area contributed by atoms with Gasteiger partial charge in [-0.2, -0.15) is 13.2 Å². The van der Waals surface area contributed by atoms with E-state index >= 15 is 0 Å². The Balaban J connectivity index is 1.37. The van der Waals surface area contributed by atoms with Crippen LogP contribution >= 0.6 is 0 Å². The molecule has 2 saturated carbocycles. The van der Waals surface area contributed by atoms with Gasteiger partial charge in [-0.05, 0) is 56.0 Å². The van der Waals surface area contributed by atoms with Crippen molar-refractivity contribution in [1.29, 1.82) is 5.41 Å². The predicted octanol–water partition coefficient (Wildman–Crippen LogP) is 3.26. The zero-order valence-electron chi connectivity index (χ0n) is 22.2. The number of carbonyl (C=O) groups excluding carboxylic acids is 2. The van der Waals surface area contributed by atoms with Crippen molar-refractivity contribution in [1.82, 2.24) is 30.3 Å². The zero-order chi connectivity index (χ0) is 29.8. The van der Waals surface area contributed by atoms with E-state index in [1.54, 1.807) is 6.07 Å². The number of imidazole rings is 1. The summed E-state index contributed by atoms with van der Waals surface area (Å²) in [6, 6.07) is 5.62. The highest BCUT2D eigenvalue weighted by Crippen LogP contribution is 2.53. The average Bonchev–Trinajstić information content (AvgIpc) is 3.86. The number of fused-ring (bicyclic) bond motifs is 1. The number of carbonyl (C=O) groups is 2. The first kappa shape index (κ1) is 27.5. The lowest BCUT2D eigenvalue weighted by Gasteiger charge is -2.27. The van der Waals surface area contributed by atoms with E-state index in [1.165, 1.54) is 28.8 Å². The van der Waals surface area contributed by atoms with Crippen LogP contribution in [0.5, 0.6) is 0 Å². The molecule has 2 fully saturated rings. The van der Waals surface area contributed by atoms with E-state index in [0.29, 0.717) is 18.4 Å². The van der Waals surface area contributed by atoms with Gasteiger partial charge in [-0.15, -0.1) is 0 Å². The summed E-state index contributed by atoms with van der Waals surface area (Å²) in [6.45, 7) is 3.33. The molecule has 3 aliphatic rings. The molecule has 0 spiro atoms. The van der Waals surface area contributed by atoms with Crippen LogP contribution in [0.15, 0.2) is 53.0 Å². The van der Waals surface area contributed by atoms with Crippen molar-refractivity contribution in [3.63, 3.8) is 0 Å². The molecule has 1 aliphatic heterocycles. The Morgan fingerprint density at radius 3 is 2.62 bits per heavy atom. The van der Waals surface area contributed by atoms with E-state index in [9.17, 15) is 27.2 Å². The smallest absolute Gasteiger partial charge is 0.365 e. The molecule has 4 N–H and O–H groups in total. The number of aliphatic imine (C=N–C) groups is 1. The molecule has 0 saturated heterocycles. The molecule has 3 aromatic rings. The molecule has 3 heterocycles. The minimum atomic E-state index is -4.69. The number of rotatable bonds is 9. The van der Waals surface area contributed by atoms with Crippen LogP contribution in [0.1, 0.15) is 48.3 Å². The molecule has 14 heteroatoms. The molecule has 2 amide bonds. The Morgan fingerprint density at radius 2 is 1.98 bits per heavy atom. The molecule has 1 unspecified atom stereocenters. The SMILES string of the molecule is C=NC(=N)C1=C(NCc2cn3cc(C(F)(F)F)nc3c(Cc3cccc(F)c3)n2)NC(=O)C1(C(=O)NC1CC1)C1CC1. The third-order valence-corrected chi connectivity index (χ3v) is 7.65. The lowest BCUT2D eigenvalue weighted by atomic mass is 9.74. The maximum absolute atomic E-state index is 13.8. The molecule has 2 aromatic heterocycles. The monoisotopic (exact) mass is 582 g/mol. The summed E-state index contributed by atoms with van der Waals surface area (Å²) in [7, 11) is 0. The van der Waals surface area contributed by atoms with Crippen LogP contribution in [0.2, 0.25) is 0 Å². The van der Waals surface area contributed by atoms with Gasteiger partial charge in [0.1, 0.15) is 11.6 Å². The summed E-state index contributed by atoms with van der Waals surface area (Å²) < 4.78 is 55.5. The molecule has 1 aromatic carbocycles. The fraction of sp³-hybridized carbons (Fsp3) is 0.357. The third kappa shape index (κ3) is 4.90. The summed E-state index contributed by atoms with van der Waals surface area (Å²) in [4.78, 5) is 38.9. The normalized spacial score (nSPS) is 20.5. The summed E-state index contributed by atoms with van der Waals surface area (Å²) in [5, 5.41) is 17.1. The van der Waals surface area contributed by atoms with Crippen LogP contribution in [0.25, 0.3) is 5.65 Å². The van der Waals surface area contributed by atoms with E-state index in [0.717, 1.165) is 19.0 Å². The molecule has 218 valence electrons. The van der Waals surface area contributed by atoms with Crippen molar-refractivity contribution in [2.24, 2.45) is 16.3 Å². The van der Waals surface area contributed by atoms with Gasteiger partial charge in [0.2, 0.25) is 11.8 Å². The number of hydrogen-bond acceptors (Lipinski definition) is 6. The Bertz CT molecular complexity index is 1670. The maximum atomic E-state index is 13.8. The minimum Gasteiger partial charge on any atom is -0.365 e. The standard InChI is InChI=1S/C28H26F4N8O2/c1-34-22(33)21-23(39-26(42)27(21,15-5-6-15)25(41)37-17-7-8-17)35-11-18-12-40-13-20(28(30,31)32)38-24(40)19(36-18)10-14-3-2-4-16(29)9-14/h2-4,9,12-13,15,17,33,35H,1,5-8,10-11H2,(H,37,41)(H,39,42). The quantitative estimate of drug-likeness (QED) is 0.133. The van der Waals surface area contributed by atoms with Crippen LogP contribution in [-0.4, -0.2) is 44.8 Å². The van der Waals surface area contributed by atoms with Crippen LogP contribution in [0.3, 0.4) is 0 Å². The Labute approximate surface area is 236 Å². The third-order valence-electron chi connectivity index (χ3n) is 7.65. The molecular formula is C28H26F4N8O2. The number of alkyl halides is 3.